The molecule has 0 saturated carbocycles. The van der Waals surface area contributed by atoms with Gasteiger partial charge in [0.1, 0.15) is 5.82 Å². The number of hydrogen-bond donors (Lipinski definition) is 0. The first kappa shape index (κ1) is 19.4. The SMILES string of the molecule is O=C(CSc1nnnn1-c1cccc(F)c1)N1c2ccccc2CCc2ccccc21. The van der Waals surface area contributed by atoms with Crippen LogP contribution in [0.3, 0.4) is 0 Å². The van der Waals surface area contributed by atoms with Crippen LogP contribution in [0.2, 0.25) is 0 Å². The second-order valence-corrected chi connectivity index (χ2v) is 8.07. The number of halogens is 1. The van der Waals surface area contributed by atoms with Crippen LogP contribution in [0.1, 0.15) is 11.1 Å². The van der Waals surface area contributed by atoms with Gasteiger partial charge in [0.2, 0.25) is 11.1 Å². The minimum absolute atomic E-state index is 0.0689. The molecule has 0 radical (unpaired) electrons. The molecule has 5 rings (SSSR count). The van der Waals surface area contributed by atoms with Gasteiger partial charge in [0.15, 0.2) is 0 Å². The van der Waals surface area contributed by atoms with Gasteiger partial charge in [0.05, 0.1) is 22.8 Å². The van der Waals surface area contributed by atoms with E-state index in [1.165, 1.54) is 28.6 Å². The lowest BCUT2D eigenvalue weighted by molar-refractivity contribution is -0.115. The van der Waals surface area contributed by atoms with Gasteiger partial charge in [0.25, 0.3) is 0 Å². The summed E-state index contributed by atoms with van der Waals surface area (Å²) in [5.41, 5.74) is 4.60. The zero-order valence-corrected chi connectivity index (χ0v) is 17.3. The van der Waals surface area contributed by atoms with Crippen LogP contribution >= 0.6 is 11.8 Å². The van der Waals surface area contributed by atoms with Gasteiger partial charge in [-0.25, -0.2) is 4.39 Å². The Bertz CT molecular complexity index is 1210. The number of amides is 1. The average Bonchev–Trinajstić information content (AvgIpc) is 3.20. The van der Waals surface area contributed by atoms with Crippen molar-refractivity contribution in [3.63, 3.8) is 0 Å². The Morgan fingerprint density at radius 3 is 2.29 bits per heavy atom. The number of aromatic nitrogens is 4. The number of aryl methyl sites for hydroxylation is 2. The molecular weight excluding hydrogens is 413 g/mol. The highest BCUT2D eigenvalue weighted by Gasteiger charge is 2.26. The maximum absolute atomic E-state index is 13.6. The van der Waals surface area contributed by atoms with E-state index in [0.29, 0.717) is 10.8 Å². The van der Waals surface area contributed by atoms with Crippen molar-refractivity contribution >= 4 is 29.0 Å². The first-order valence-corrected chi connectivity index (χ1v) is 10.8. The Morgan fingerprint density at radius 1 is 0.935 bits per heavy atom. The van der Waals surface area contributed by atoms with Crippen molar-refractivity contribution in [1.82, 2.24) is 20.2 Å². The van der Waals surface area contributed by atoms with E-state index >= 15 is 0 Å². The van der Waals surface area contributed by atoms with E-state index in [9.17, 15) is 9.18 Å². The van der Waals surface area contributed by atoms with Crippen LogP contribution in [0.4, 0.5) is 15.8 Å². The van der Waals surface area contributed by atoms with Crippen LogP contribution in [0.25, 0.3) is 5.69 Å². The number of carbonyl (C=O) groups is 1. The largest absolute Gasteiger partial charge is 0.280 e. The van der Waals surface area contributed by atoms with E-state index in [0.717, 1.165) is 35.3 Å². The number of anilines is 2. The molecule has 8 heteroatoms. The van der Waals surface area contributed by atoms with E-state index < -0.39 is 0 Å². The van der Waals surface area contributed by atoms with Crippen molar-refractivity contribution in [2.75, 3.05) is 10.7 Å². The molecule has 1 aliphatic heterocycles. The molecule has 0 aliphatic carbocycles. The van der Waals surface area contributed by atoms with Crippen molar-refractivity contribution < 1.29 is 9.18 Å². The number of rotatable bonds is 4. The van der Waals surface area contributed by atoms with Crippen LogP contribution in [-0.4, -0.2) is 31.9 Å². The van der Waals surface area contributed by atoms with Crippen molar-refractivity contribution in [1.29, 1.82) is 0 Å². The molecule has 154 valence electrons. The molecule has 0 N–H and O–H groups in total. The lowest BCUT2D eigenvalue weighted by Gasteiger charge is -2.24. The summed E-state index contributed by atoms with van der Waals surface area (Å²) >= 11 is 1.23. The topological polar surface area (TPSA) is 63.9 Å². The molecule has 1 amide bonds. The first-order valence-electron chi connectivity index (χ1n) is 9.86. The molecule has 3 aromatic carbocycles. The lowest BCUT2D eigenvalue weighted by atomic mass is 10.0. The number of nitrogens with zero attached hydrogens (tertiary/aromatic N) is 5. The van der Waals surface area contributed by atoms with Gasteiger partial charge in [-0.3, -0.25) is 9.69 Å². The monoisotopic (exact) mass is 431 g/mol. The quantitative estimate of drug-likeness (QED) is 0.450. The minimum Gasteiger partial charge on any atom is -0.280 e. The summed E-state index contributed by atoms with van der Waals surface area (Å²) in [5.74, 6) is -0.309. The molecule has 0 fully saturated rings. The normalized spacial score (nSPS) is 12.7. The van der Waals surface area contributed by atoms with Crippen molar-refractivity contribution in [3.8, 4) is 5.69 Å². The Hall–Kier alpha value is -3.52. The van der Waals surface area contributed by atoms with Gasteiger partial charge in [-0.15, -0.1) is 5.10 Å². The Morgan fingerprint density at radius 2 is 1.61 bits per heavy atom. The highest BCUT2D eigenvalue weighted by atomic mass is 32.2. The fraction of sp³-hybridized carbons (Fsp3) is 0.130. The Labute approximate surface area is 182 Å². The predicted octanol–water partition coefficient (Wildman–Crippen LogP) is 4.36. The van der Waals surface area contributed by atoms with E-state index in [2.05, 4.69) is 27.7 Å². The number of benzene rings is 3. The Kier molecular flexibility index (Phi) is 5.21. The fourth-order valence-electron chi connectivity index (χ4n) is 3.78. The van der Waals surface area contributed by atoms with Gasteiger partial charge in [-0.2, -0.15) is 4.68 Å². The molecule has 1 aliphatic rings. The van der Waals surface area contributed by atoms with Crippen molar-refractivity contribution in [3.05, 3.63) is 89.7 Å². The molecule has 0 spiro atoms. The highest BCUT2D eigenvalue weighted by Crippen LogP contribution is 2.36. The van der Waals surface area contributed by atoms with Crippen molar-refractivity contribution in [2.24, 2.45) is 0 Å². The van der Waals surface area contributed by atoms with Crippen LogP contribution in [0.15, 0.2) is 78.0 Å². The summed E-state index contributed by atoms with van der Waals surface area (Å²) in [6, 6.07) is 22.0. The van der Waals surface area contributed by atoms with Gasteiger partial charge >= 0.3 is 0 Å². The first-order chi connectivity index (χ1) is 15.2. The highest BCUT2D eigenvalue weighted by molar-refractivity contribution is 7.99. The van der Waals surface area contributed by atoms with Gasteiger partial charge in [-0.1, -0.05) is 54.2 Å². The van der Waals surface area contributed by atoms with E-state index in [-0.39, 0.29) is 17.5 Å². The van der Waals surface area contributed by atoms with Crippen molar-refractivity contribution in [2.45, 2.75) is 18.0 Å². The third-order valence-electron chi connectivity index (χ3n) is 5.20. The summed E-state index contributed by atoms with van der Waals surface area (Å²) in [6.45, 7) is 0. The summed E-state index contributed by atoms with van der Waals surface area (Å²) in [6.07, 6.45) is 1.75. The van der Waals surface area contributed by atoms with Crippen LogP contribution < -0.4 is 4.90 Å². The van der Waals surface area contributed by atoms with E-state index in [1.54, 1.807) is 17.0 Å². The van der Waals surface area contributed by atoms with Gasteiger partial charge in [0, 0.05) is 0 Å². The fourth-order valence-corrected chi connectivity index (χ4v) is 4.52. The molecule has 4 aromatic rings. The third kappa shape index (κ3) is 3.82. The molecule has 0 saturated heterocycles. The summed E-state index contributed by atoms with van der Waals surface area (Å²) in [7, 11) is 0. The maximum atomic E-state index is 13.6. The number of para-hydroxylation sites is 2. The molecule has 0 unspecified atom stereocenters. The molecule has 2 heterocycles. The number of carbonyl (C=O) groups excluding carboxylic acids is 1. The van der Waals surface area contributed by atoms with Gasteiger partial charge in [-0.05, 0) is 64.7 Å². The minimum atomic E-state index is -0.377. The number of thioether (sulfide) groups is 1. The molecule has 6 nitrogen and oxygen atoms in total. The third-order valence-corrected chi connectivity index (χ3v) is 6.10. The second-order valence-electron chi connectivity index (χ2n) is 7.13. The maximum Gasteiger partial charge on any atom is 0.242 e. The summed E-state index contributed by atoms with van der Waals surface area (Å²) < 4.78 is 15.1. The zero-order valence-electron chi connectivity index (χ0n) is 16.5. The summed E-state index contributed by atoms with van der Waals surface area (Å²) in [5, 5.41) is 12.1. The Balaban J connectivity index is 1.44. The summed E-state index contributed by atoms with van der Waals surface area (Å²) in [4.78, 5) is 15.2. The zero-order chi connectivity index (χ0) is 21.2. The van der Waals surface area contributed by atoms with E-state index in [1.807, 2.05) is 36.4 Å². The molecule has 31 heavy (non-hydrogen) atoms. The molecule has 1 aromatic heterocycles. The number of fused-ring (bicyclic) bond motifs is 2. The lowest BCUT2D eigenvalue weighted by Crippen LogP contribution is -2.28. The second kappa shape index (κ2) is 8.31. The van der Waals surface area contributed by atoms with E-state index in [4.69, 9.17) is 0 Å². The van der Waals surface area contributed by atoms with Crippen LogP contribution in [0.5, 0.6) is 0 Å². The standard InChI is InChI=1S/C23H18FN5OS/c24-18-8-5-9-19(14-18)29-23(25-26-27-29)31-15-22(30)28-20-10-3-1-6-16(20)12-13-17-7-2-4-11-21(17)28/h1-11,14H,12-13,15H2. The van der Waals surface area contributed by atoms with Crippen LogP contribution in [0, 0.1) is 5.82 Å². The number of hydrogen-bond acceptors (Lipinski definition) is 5. The van der Waals surface area contributed by atoms with Crippen LogP contribution in [-0.2, 0) is 17.6 Å². The average molecular weight is 431 g/mol. The predicted molar refractivity (Wildman–Crippen MR) is 117 cm³/mol. The smallest absolute Gasteiger partial charge is 0.242 e. The van der Waals surface area contributed by atoms with Gasteiger partial charge < -0.3 is 0 Å². The molecular formula is C23H18FN5OS. The number of tetrazole rings is 1. The molecule has 0 atom stereocenters. The molecule has 0 bridgehead atoms.